The van der Waals surface area contributed by atoms with Crippen LogP contribution >= 0.6 is 11.6 Å². The molecule has 1 aromatic carbocycles. The standard InChI is InChI=1S/C12H12ClNO5/c1-7(15)10(11(16)18-2)14-12(17)19-9-5-3-8(13)4-6-9/h3-6,10H,1-2H3,(H,14,17). The van der Waals surface area contributed by atoms with Gasteiger partial charge in [0.05, 0.1) is 7.11 Å². The van der Waals surface area contributed by atoms with Crippen LogP contribution in [-0.2, 0) is 14.3 Å². The summed E-state index contributed by atoms with van der Waals surface area (Å²) in [6.45, 7) is 1.16. The van der Waals surface area contributed by atoms with Crippen LogP contribution in [0.15, 0.2) is 24.3 Å². The lowest BCUT2D eigenvalue weighted by molar-refractivity contribution is -0.145. The van der Waals surface area contributed by atoms with Gasteiger partial charge < -0.3 is 14.8 Å². The molecule has 1 unspecified atom stereocenters. The Morgan fingerprint density at radius 3 is 2.26 bits per heavy atom. The van der Waals surface area contributed by atoms with Gasteiger partial charge in [0.2, 0.25) is 0 Å². The molecule has 1 amide bonds. The van der Waals surface area contributed by atoms with Gasteiger partial charge in [0, 0.05) is 5.02 Å². The normalized spacial score (nSPS) is 11.3. The number of amides is 1. The summed E-state index contributed by atoms with van der Waals surface area (Å²) >= 11 is 5.67. The molecule has 7 heteroatoms. The molecule has 0 radical (unpaired) electrons. The summed E-state index contributed by atoms with van der Waals surface area (Å²) in [5.41, 5.74) is 0. The zero-order valence-corrected chi connectivity index (χ0v) is 11.1. The Hall–Kier alpha value is -2.08. The maximum Gasteiger partial charge on any atom is 0.413 e. The Kier molecular flexibility index (Phi) is 5.32. The minimum Gasteiger partial charge on any atom is -0.467 e. The second kappa shape index (κ2) is 6.75. The molecule has 0 saturated heterocycles. The van der Waals surface area contributed by atoms with Crippen molar-refractivity contribution in [3.05, 3.63) is 29.3 Å². The summed E-state index contributed by atoms with van der Waals surface area (Å²) < 4.78 is 9.27. The lowest BCUT2D eigenvalue weighted by Crippen LogP contribution is -2.47. The summed E-state index contributed by atoms with van der Waals surface area (Å²) in [6.07, 6.45) is -0.937. The van der Waals surface area contributed by atoms with E-state index in [4.69, 9.17) is 16.3 Å². The molecule has 0 aliphatic heterocycles. The molecule has 19 heavy (non-hydrogen) atoms. The van der Waals surface area contributed by atoms with Crippen LogP contribution in [0.3, 0.4) is 0 Å². The molecule has 0 saturated carbocycles. The Balaban J connectivity index is 2.65. The maximum atomic E-state index is 11.5. The lowest BCUT2D eigenvalue weighted by atomic mass is 10.2. The van der Waals surface area contributed by atoms with Crippen LogP contribution in [0, 0.1) is 0 Å². The molecule has 6 nitrogen and oxygen atoms in total. The van der Waals surface area contributed by atoms with Crippen molar-refractivity contribution in [3.63, 3.8) is 0 Å². The quantitative estimate of drug-likeness (QED) is 0.670. The number of methoxy groups -OCH3 is 1. The Morgan fingerprint density at radius 2 is 1.79 bits per heavy atom. The Morgan fingerprint density at radius 1 is 1.21 bits per heavy atom. The summed E-state index contributed by atoms with van der Waals surface area (Å²) in [7, 11) is 1.12. The zero-order valence-electron chi connectivity index (χ0n) is 10.3. The first-order valence-corrected chi connectivity index (χ1v) is 5.64. The third-order valence-corrected chi connectivity index (χ3v) is 2.38. The lowest BCUT2D eigenvalue weighted by Gasteiger charge is -2.13. The molecule has 0 fully saturated rings. The number of hydrogen-bond donors (Lipinski definition) is 1. The molecular formula is C12H12ClNO5. The van der Waals surface area contributed by atoms with Crippen molar-refractivity contribution in [2.75, 3.05) is 7.11 Å². The molecular weight excluding hydrogens is 274 g/mol. The first-order valence-electron chi connectivity index (χ1n) is 5.26. The van der Waals surface area contributed by atoms with E-state index in [9.17, 15) is 14.4 Å². The first kappa shape index (κ1) is 15.0. The van der Waals surface area contributed by atoms with E-state index < -0.39 is 23.9 Å². The first-order chi connectivity index (χ1) is 8.93. The van der Waals surface area contributed by atoms with Crippen molar-refractivity contribution in [1.29, 1.82) is 0 Å². The number of carbonyl (C=O) groups is 3. The van der Waals surface area contributed by atoms with Crippen molar-refractivity contribution in [3.8, 4) is 5.75 Å². The highest BCUT2D eigenvalue weighted by molar-refractivity contribution is 6.30. The predicted molar refractivity (Wildman–Crippen MR) is 67.1 cm³/mol. The number of carbonyl (C=O) groups excluding carboxylic acids is 3. The summed E-state index contributed by atoms with van der Waals surface area (Å²) in [5, 5.41) is 2.60. The van der Waals surface area contributed by atoms with Gasteiger partial charge in [-0.15, -0.1) is 0 Å². The van der Waals surface area contributed by atoms with Gasteiger partial charge in [0.1, 0.15) is 5.75 Å². The van der Waals surface area contributed by atoms with E-state index in [0.29, 0.717) is 5.02 Å². The number of Topliss-reactive ketones (excluding diaryl/α,β-unsaturated/α-hetero) is 1. The van der Waals surface area contributed by atoms with Gasteiger partial charge in [-0.25, -0.2) is 9.59 Å². The second-order valence-corrected chi connectivity index (χ2v) is 3.99. The van der Waals surface area contributed by atoms with Crippen molar-refractivity contribution < 1.29 is 23.9 Å². The Labute approximate surface area is 114 Å². The SMILES string of the molecule is COC(=O)C(NC(=O)Oc1ccc(Cl)cc1)C(C)=O. The van der Waals surface area contributed by atoms with E-state index in [1.807, 2.05) is 0 Å². The Bertz CT molecular complexity index is 485. The molecule has 0 spiro atoms. The highest BCUT2D eigenvalue weighted by Gasteiger charge is 2.26. The summed E-state index contributed by atoms with van der Waals surface area (Å²) in [4.78, 5) is 33.9. The number of hydrogen-bond acceptors (Lipinski definition) is 5. The number of rotatable bonds is 4. The van der Waals surface area contributed by atoms with Crippen molar-refractivity contribution >= 4 is 29.4 Å². The fraction of sp³-hybridized carbons (Fsp3) is 0.250. The second-order valence-electron chi connectivity index (χ2n) is 3.55. The van der Waals surface area contributed by atoms with Crippen LogP contribution < -0.4 is 10.1 Å². The van der Waals surface area contributed by atoms with Gasteiger partial charge in [-0.1, -0.05) is 11.6 Å². The van der Waals surface area contributed by atoms with E-state index in [1.165, 1.54) is 24.3 Å². The van der Waals surface area contributed by atoms with E-state index in [0.717, 1.165) is 14.0 Å². The van der Waals surface area contributed by atoms with Gasteiger partial charge in [-0.05, 0) is 31.2 Å². The topological polar surface area (TPSA) is 81.7 Å². The average molecular weight is 286 g/mol. The summed E-state index contributed by atoms with van der Waals surface area (Å²) in [6, 6.07) is 4.63. The molecule has 1 aromatic rings. The number of nitrogens with one attached hydrogen (secondary N) is 1. The van der Waals surface area contributed by atoms with Gasteiger partial charge in [-0.3, -0.25) is 4.79 Å². The molecule has 1 N–H and O–H groups in total. The monoisotopic (exact) mass is 285 g/mol. The fourth-order valence-corrected chi connectivity index (χ4v) is 1.33. The van der Waals surface area contributed by atoms with E-state index in [-0.39, 0.29) is 5.75 Å². The maximum absolute atomic E-state index is 11.5. The van der Waals surface area contributed by atoms with Crippen LogP contribution in [0.25, 0.3) is 0 Å². The number of halogens is 1. The molecule has 0 aliphatic carbocycles. The number of ether oxygens (including phenoxy) is 2. The molecule has 0 aliphatic rings. The highest BCUT2D eigenvalue weighted by Crippen LogP contribution is 2.15. The molecule has 0 bridgehead atoms. The van der Waals surface area contributed by atoms with Crippen LogP contribution in [0.2, 0.25) is 5.02 Å². The highest BCUT2D eigenvalue weighted by atomic mass is 35.5. The van der Waals surface area contributed by atoms with Gasteiger partial charge in [-0.2, -0.15) is 0 Å². The van der Waals surface area contributed by atoms with Gasteiger partial charge in [0.25, 0.3) is 0 Å². The minimum absolute atomic E-state index is 0.231. The van der Waals surface area contributed by atoms with Crippen LogP contribution in [-0.4, -0.2) is 31.0 Å². The number of esters is 1. The molecule has 102 valence electrons. The third kappa shape index (κ3) is 4.59. The average Bonchev–Trinajstić information content (AvgIpc) is 2.37. The fourth-order valence-electron chi connectivity index (χ4n) is 1.20. The number of benzene rings is 1. The third-order valence-electron chi connectivity index (χ3n) is 2.13. The van der Waals surface area contributed by atoms with Crippen molar-refractivity contribution in [2.24, 2.45) is 0 Å². The summed E-state index contributed by atoms with van der Waals surface area (Å²) in [5.74, 6) is -1.19. The largest absolute Gasteiger partial charge is 0.467 e. The van der Waals surface area contributed by atoms with E-state index in [2.05, 4.69) is 10.1 Å². The van der Waals surface area contributed by atoms with Crippen LogP contribution in [0.5, 0.6) is 5.75 Å². The minimum atomic E-state index is -1.38. The zero-order chi connectivity index (χ0) is 14.4. The molecule has 0 heterocycles. The van der Waals surface area contributed by atoms with Crippen LogP contribution in [0.4, 0.5) is 4.79 Å². The molecule has 0 aromatic heterocycles. The smallest absolute Gasteiger partial charge is 0.413 e. The molecule has 1 rings (SSSR count). The van der Waals surface area contributed by atoms with E-state index in [1.54, 1.807) is 0 Å². The van der Waals surface area contributed by atoms with Crippen molar-refractivity contribution in [1.82, 2.24) is 5.32 Å². The van der Waals surface area contributed by atoms with Gasteiger partial charge >= 0.3 is 12.1 Å². The van der Waals surface area contributed by atoms with Crippen LogP contribution in [0.1, 0.15) is 6.92 Å². The predicted octanol–water partition coefficient (Wildman–Crippen LogP) is 1.56. The van der Waals surface area contributed by atoms with E-state index >= 15 is 0 Å². The molecule has 1 atom stereocenters. The van der Waals surface area contributed by atoms with Gasteiger partial charge in [0.15, 0.2) is 11.8 Å². The van der Waals surface area contributed by atoms with Crippen molar-refractivity contribution in [2.45, 2.75) is 13.0 Å². The number of ketones is 1.